The highest BCUT2D eigenvalue weighted by Gasteiger charge is 2.23. The quantitative estimate of drug-likeness (QED) is 0.686. The summed E-state index contributed by atoms with van der Waals surface area (Å²) >= 11 is 0. The van der Waals surface area contributed by atoms with E-state index in [0.29, 0.717) is 0 Å². The molecule has 0 aliphatic carbocycles. The van der Waals surface area contributed by atoms with Gasteiger partial charge >= 0.3 is 0 Å². The zero-order valence-electron chi connectivity index (χ0n) is 12.3. The van der Waals surface area contributed by atoms with Gasteiger partial charge in [-0.15, -0.1) is 0 Å². The first-order chi connectivity index (χ1) is 8.55. The Morgan fingerprint density at radius 2 is 1.94 bits per heavy atom. The van der Waals surface area contributed by atoms with Gasteiger partial charge < -0.3 is 10.6 Å². The first-order valence-corrected chi connectivity index (χ1v) is 7.53. The highest BCUT2D eigenvalue weighted by Crippen LogP contribution is 2.23. The molecule has 1 amide bonds. The van der Waals surface area contributed by atoms with E-state index >= 15 is 0 Å². The Labute approximate surface area is 112 Å². The largest absolute Gasteiger partial charge is 0.355 e. The minimum absolute atomic E-state index is 0.234. The summed E-state index contributed by atoms with van der Waals surface area (Å²) in [6.07, 6.45) is 7.01. The number of amides is 1. The van der Waals surface area contributed by atoms with Gasteiger partial charge in [-0.2, -0.15) is 0 Å². The van der Waals surface area contributed by atoms with E-state index in [1.165, 1.54) is 25.7 Å². The van der Waals surface area contributed by atoms with Gasteiger partial charge in [0.25, 0.3) is 0 Å². The van der Waals surface area contributed by atoms with Crippen LogP contribution < -0.4 is 10.6 Å². The molecule has 1 heterocycles. The molecule has 3 heteroatoms. The maximum Gasteiger partial charge on any atom is 0.223 e. The molecule has 18 heavy (non-hydrogen) atoms. The van der Waals surface area contributed by atoms with E-state index in [9.17, 15) is 4.79 Å². The highest BCUT2D eigenvalue weighted by atomic mass is 16.1. The molecule has 3 nitrogen and oxygen atoms in total. The Hall–Kier alpha value is -0.570. The van der Waals surface area contributed by atoms with Crippen molar-refractivity contribution >= 4 is 5.91 Å². The fourth-order valence-electron chi connectivity index (χ4n) is 2.50. The second-order valence-corrected chi connectivity index (χ2v) is 6.36. The van der Waals surface area contributed by atoms with Gasteiger partial charge in [0.05, 0.1) is 0 Å². The molecule has 1 rings (SSSR count). The first-order valence-electron chi connectivity index (χ1n) is 7.53. The Bertz CT molecular complexity index is 245. The number of nitrogens with one attached hydrogen (secondary N) is 2. The molecule has 2 N–H and O–H groups in total. The lowest BCUT2D eigenvalue weighted by atomic mass is 9.86. The first kappa shape index (κ1) is 15.5. The van der Waals surface area contributed by atoms with Crippen molar-refractivity contribution in [3.63, 3.8) is 0 Å². The molecule has 0 spiro atoms. The van der Waals surface area contributed by atoms with E-state index in [0.717, 1.165) is 32.5 Å². The highest BCUT2D eigenvalue weighted by molar-refractivity contribution is 5.78. The molecule has 106 valence electrons. The number of hydrogen-bond donors (Lipinski definition) is 2. The zero-order valence-corrected chi connectivity index (χ0v) is 12.3. The van der Waals surface area contributed by atoms with Crippen LogP contribution in [0.1, 0.15) is 59.3 Å². The van der Waals surface area contributed by atoms with Crippen molar-refractivity contribution in [1.29, 1.82) is 0 Å². The number of carbonyl (C=O) groups is 1. The van der Waals surface area contributed by atoms with Crippen LogP contribution in [0.15, 0.2) is 0 Å². The van der Waals surface area contributed by atoms with Crippen LogP contribution in [0.5, 0.6) is 0 Å². The molecule has 0 aromatic rings. The Kier molecular flexibility index (Phi) is 6.69. The van der Waals surface area contributed by atoms with E-state index in [1.54, 1.807) is 0 Å². The maximum absolute atomic E-state index is 12.0. The summed E-state index contributed by atoms with van der Waals surface area (Å²) in [7, 11) is 0. The van der Waals surface area contributed by atoms with Gasteiger partial charge in [-0.3, -0.25) is 4.79 Å². The number of hydrogen-bond acceptors (Lipinski definition) is 2. The van der Waals surface area contributed by atoms with E-state index in [2.05, 4.69) is 31.4 Å². The summed E-state index contributed by atoms with van der Waals surface area (Å²) in [5, 5.41) is 6.45. The number of carbonyl (C=O) groups excluding carboxylic acids is 1. The van der Waals surface area contributed by atoms with E-state index in [-0.39, 0.29) is 17.2 Å². The Morgan fingerprint density at radius 3 is 2.56 bits per heavy atom. The topological polar surface area (TPSA) is 41.1 Å². The second kappa shape index (κ2) is 7.78. The van der Waals surface area contributed by atoms with Gasteiger partial charge in [0.2, 0.25) is 5.91 Å². The molecule has 1 saturated heterocycles. The summed E-state index contributed by atoms with van der Waals surface area (Å²) < 4.78 is 0. The fourth-order valence-corrected chi connectivity index (χ4v) is 2.50. The Balaban J connectivity index is 2.23. The van der Waals surface area contributed by atoms with Crippen molar-refractivity contribution in [3.8, 4) is 0 Å². The minimum Gasteiger partial charge on any atom is -0.355 e. The van der Waals surface area contributed by atoms with Crippen molar-refractivity contribution < 1.29 is 4.79 Å². The molecule has 0 aromatic heterocycles. The molecule has 1 aliphatic heterocycles. The van der Waals surface area contributed by atoms with Crippen molar-refractivity contribution in [2.45, 2.75) is 59.3 Å². The Morgan fingerprint density at radius 1 is 1.28 bits per heavy atom. The molecule has 0 unspecified atom stereocenters. The predicted octanol–water partition coefficient (Wildman–Crippen LogP) is 2.71. The molecule has 0 saturated carbocycles. The van der Waals surface area contributed by atoms with E-state index < -0.39 is 0 Å². The van der Waals surface area contributed by atoms with Crippen LogP contribution >= 0.6 is 0 Å². The average molecular weight is 254 g/mol. The van der Waals surface area contributed by atoms with Gasteiger partial charge in [-0.1, -0.05) is 40.0 Å². The van der Waals surface area contributed by atoms with Crippen molar-refractivity contribution in [1.82, 2.24) is 10.6 Å². The van der Waals surface area contributed by atoms with Crippen LogP contribution in [0.3, 0.4) is 0 Å². The molecule has 0 radical (unpaired) electrons. The van der Waals surface area contributed by atoms with Gasteiger partial charge in [0, 0.05) is 12.5 Å². The third kappa shape index (κ3) is 5.85. The van der Waals surface area contributed by atoms with Gasteiger partial charge in [-0.25, -0.2) is 0 Å². The zero-order chi connectivity index (χ0) is 13.4. The molecule has 0 bridgehead atoms. The lowest BCUT2D eigenvalue weighted by Gasteiger charge is -2.27. The van der Waals surface area contributed by atoms with Crippen molar-refractivity contribution in [2.75, 3.05) is 19.6 Å². The number of piperidine rings is 1. The van der Waals surface area contributed by atoms with E-state index in [4.69, 9.17) is 0 Å². The van der Waals surface area contributed by atoms with Crippen LogP contribution in [-0.2, 0) is 4.79 Å². The molecule has 0 atom stereocenters. The van der Waals surface area contributed by atoms with Gasteiger partial charge in [0.15, 0.2) is 0 Å². The summed E-state index contributed by atoms with van der Waals surface area (Å²) in [6.45, 7) is 9.53. The van der Waals surface area contributed by atoms with Crippen LogP contribution in [-0.4, -0.2) is 25.5 Å². The fraction of sp³-hybridized carbons (Fsp3) is 0.933. The SMILES string of the molecule is CCCCCC(C)(C)CNC(=O)C1CCNCC1. The minimum atomic E-state index is 0.234. The molecule has 1 fully saturated rings. The van der Waals surface area contributed by atoms with Crippen LogP contribution in [0.4, 0.5) is 0 Å². The van der Waals surface area contributed by atoms with Crippen LogP contribution in [0.25, 0.3) is 0 Å². The lowest BCUT2D eigenvalue weighted by Crippen LogP contribution is -2.41. The van der Waals surface area contributed by atoms with Crippen molar-refractivity contribution in [2.24, 2.45) is 11.3 Å². The average Bonchev–Trinajstić information content (AvgIpc) is 2.37. The van der Waals surface area contributed by atoms with Gasteiger partial charge in [-0.05, 0) is 37.8 Å². The third-order valence-corrected chi connectivity index (χ3v) is 3.91. The predicted molar refractivity (Wildman–Crippen MR) is 76.5 cm³/mol. The van der Waals surface area contributed by atoms with E-state index in [1.807, 2.05) is 0 Å². The monoisotopic (exact) mass is 254 g/mol. The maximum atomic E-state index is 12.0. The summed E-state index contributed by atoms with van der Waals surface area (Å²) in [5.74, 6) is 0.498. The summed E-state index contributed by atoms with van der Waals surface area (Å²) in [4.78, 5) is 12.0. The van der Waals surface area contributed by atoms with Crippen molar-refractivity contribution in [3.05, 3.63) is 0 Å². The van der Waals surface area contributed by atoms with Crippen LogP contribution in [0, 0.1) is 11.3 Å². The summed E-state index contributed by atoms with van der Waals surface area (Å²) in [5.41, 5.74) is 0.234. The van der Waals surface area contributed by atoms with Crippen LogP contribution in [0.2, 0.25) is 0 Å². The lowest BCUT2D eigenvalue weighted by molar-refractivity contribution is -0.126. The standard InChI is InChI=1S/C15H30N2O/c1-4-5-6-9-15(2,3)12-17-14(18)13-7-10-16-11-8-13/h13,16H,4-12H2,1-3H3,(H,17,18). The normalized spacial score (nSPS) is 17.7. The van der Waals surface area contributed by atoms with Gasteiger partial charge in [0.1, 0.15) is 0 Å². The number of unbranched alkanes of at least 4 members (excludes halogenated alkanes) is 2. The molecule has 1 aliphatic rings. The molecular weight excluding hydrogens is 224 g/mol. The molecular formula is C15H30N2O. The smallest absolute Gasteiger partial charge is 0.223 e. The summed E-state index contributed by atoms with van der Waals surface area (Å²) in [6, 6.07) is 0. The second-order valence-electron chi connectivity index (χ2n) is 6.36. The molecule has 0 aromatic carbocycles. The number of rotatable bonds is 7. The third-order valence-electron chi connectivity index (χ3n) is 3.91.